The summed E-state index contributed by atoms with van der Waals surface area (Å²) in [4.78, 5) is 23.6. The van der Waals surface area contributed by atoms with Crippen molar-refractivity contribution in [3.8, 4) is 17.2 Å². The van der Waals surface area contributed by atoms with E-state index < -0.39 is 22.8 Å². The first-order valence-electron chi connectivity index (χ1n) is 12.7. The number of phenolic OH excluding ortho intramolecular Hbond substituents is 3. The van der Waals surface area contributed by atoms with Gasteiger partial charge in [0, 0.05) is 5.56 Å². The van der Waals surface area contributed by atoms with Gasteiger partial charge in [0.2, 0.25) is 0 Å². The molecule has 0 radical (unpaired) electrons. The molecule has 0 saturated heterocycles. The summed E-state index contributed by atoms with van der Waals surface area (Å²) in [7, 11) is 0. The summed E-state index contributed by atoms with van der Waals surface area (Å²) in [6, 6.07) is 0. The summed E-state index contributed by atoms with van der Waals surface area (Å²) in [5.74, 6) is -0.524. The lowest BCUT2D eigenvalue weighted by Crippen LogP contribution is -2.42. The topological polar surface area (TPSA) is 115 Å². The van der Waals surface area contributed by atoms with Gasteiger partial charge in [-0.1, -0.05) is 34.6 Å². The van der Waals surface area contributed by atoms with Crippen LogP contribution in [0.1, 0.15) is 106 Å². The Morgan fingerprint density at radius 3 is 1.88 bits per heavy atom. The van der Waals surface area contributed by atoms with Crippen molar-refractivity contribution in [2.24, 2.45) is 40.4 Å². The van der Waals surface area contributed by atoms with Gasteiger partial charge in [-0.25, -0.2) is 0 Å². The second kappa shape index (κ2) is 7.97. The SMILES string of the molecule is CC(C)C[C@@H](c1c(O)c(C=O)c(O)c(C=O)c1O)[C@@]1(C)CC[C@@H]2C1[C@H]1[C@@H](CC[C@@]2(C)O)C1(C)C. The van der Waals surface area contributed by atoms with Crippen molar-refractivity contribution in [2.45, 2.75) is 85.2 Å². The van der Waals surface area contributed by atoms with Crippen molar-refractivity contribution in [1.29, 1.82) is 0 Å². The third-order valence-electron chi connectivity index (χ3n) is 10.1. The second-order valence-electron chi connectivity index (χ2n) is 12.7. The van der Waals surface area contributed by atoms with Gasteiger partial charge in [-0.2, -0.15) is 0 Å². The Bertz CT molecular complexity index is 974. The molecule has 0 amide bonds. The molecule has 3 aliphatic carbocycles. The molecule has 0 spiro atoms. The lowest BCUT2D eigenvalue weighted by molar-refractivity contribution is -0.0441. The Morgan fingerprint density at radius 1 is 0.853 bits per heavy atom. The second-order valence-corrected chi connectivity index (χ2v) is 12.7. The number of aliphatic hydroxyl groups is 1. The van der Waals surface area contributed by atoms with Crippen LogP contribution < -0.4 is 0 Å². The molecular weight excluding hydrogens is 432 g/mol. The molecule has 4 N–H and O–H groups in total. The van der Waals surface area contributed by atoms with Crippen LogP contribution in [0.25, 0.3) is 0 Å². The van der Waals surface area contributed by atoms with E-state index in [1.807, 2.05) is 6.92 Å². The van der Waals surface area contributed by atoms with Crippen LogP contribution in [0.15, 0.2) is 0 Å². The van der Waals surface area contributed by atoms with Crippen LogP contribution in [-0.2, 0) is 0 Å². The molecule has 34 heavy (non-hydrogen) atoms. The molecule has 4 rings (SSSR count). The molecular formula is C28H40O6. The molecule has 0 heterocycles. The third-order valence-corrected chi connectivity index (χ3v) is 10.1. The van der Waals surface area contributed by atoms with Crippen molar-refractivity contribution < 1.29 is 30.0 Å². The van der Waals surface area contributed by atoms with E-state index >= 15 is 0 Å². The normalized spacial score (nSPS) is 36.9. The smallest absolute Gasteiger partial charge is 0.157 e. The first kappa shape index (κ1) is 25.0. The van der Waals surface area contributed by atoms with E-state index in [2.05, 4.69) is 34.6 Å². The molecule has 3 fully saturated rings. The van der Waals surface area contributed by atoms with Crippen LogP contribution in [0.5, 0.6) is 17.2 Å². The molecule has 0 aliphatic heterocycles. The number of fused-ring (bicyclic) bond motifs is 3. The molecule has 6 heteroatoms. The standard InChI is InChI=1S/C28H40O6/c1-14(2)11-19(20-24(32)15(12-29)23(31)16(13-30)25(20)33)27(5)9-7-18-22(27)21-17(26(21,3)4)8-10-28(18,6)34/h12-14,17-19,21-22,31-34H,7-11H2,1-6H3/t17-,18-,19+,21-,22?,27-,28-/m1/s1. The minimum atomic E-state index is -0.782. The fourth-order valence-corrected chi connectivity index (χ4v) is 8.23. The van der Waals surface area contributed by atoms with Gasteiger partial charge in [-0.15, -0.1) is 0 Å². The van der Waals surface area contributed by atoms with E-state index in [1.54, 1.807) is 0 Å². The van der Waals surface area contributed by atoms with E-state index in [1.165, 1.54) is 0 Å². The van der Waals surface area contributed by atoms with E-state index in [0.29, 0.717) is 30.8 Å². The molecule has 7 atom stereocenters. The van der Waals surface area contributed by atoms with Crippen molar-refractivity contribution >= 4 is 12.6 Å². The molecule has 188 valence electrons. The monoisotopic (exact) mass is 472 g/mol. The van der Waals surface area contributed by atoms with Gasteiger partial charge >= 0.3 is 0 Å². The summed E-state index contributed by atoms with van der Waals surface area (Å²) >= 11 is 0. The lowest BCUT2D eigenvalue weighted by Gasteiger charge is -2.45. The molecule has 0 bridgehead atoms. The number of hydrogen-bond acceptors (Lipinski definition) is 6. The van der Waals surface area contributed by atoms with E-state index in [0.717, 1.165) is 25.7 Å². The molecule has 1 unspecified atom stereocenters. The van der Waals surface area contributed by atoms with Crippen LogP contribution in [0.4, 0.5) is 0 Å². The number of carbonyl (C=O) groups is 2. The summed E-state index contributed by atoms with van der Waals surface area (Å²) in [6.07, 6.45) is 4.71. The van der Waals surface area contributed by atoms with Gasteiger partial charge in [0.1, 0.15) is 17.2 Å². The Balaban J connectivity index is 1.94. The van der Waals surface area contributed by atoms with Gasteiger partial charge in [0.15, 0.2) is 12.6 Å². The predicted octanol–water partition coefficient (Wildman–Crippen LogP) is 5.41. The Morgan fingerprint density at radius 2 is 1.38 bits per heavy atom. The summed E-state index contributed by atoms with van der Waals surface area (Å²) < 4.78 is 0. The van der Waals surface area contributed by atoms with Crippen LogP contribution in [0.3, 0.4) is 0 Å². The summed E-state index contributed by atoms with van der Waals surface area (Å²) in [5.41, 5.74) is -1.55. The van der Waals surface area contributed by atoms with Crippen molar-refractivity contribution in [3.05, 3.63) is 16.7 Å². The Kier molecular flexibility index (Phi) is 5.87. The zero-order chi connectivity index (χ0) is 25.4. The molecule has 1 aromatic carbocycles. The number of aldehydes is 2. The number of phenols is 3. The van der Waals surface area contributed by atoms with Crippen LogP contribution in [0, 0.1) is 40.4 Å². The molecule has 0 aromatic heterocycles. The average Bonchev–Trinajstić information content (AvgIpc) is 3.13. The highest BCUT2D eigenvalue weighted by Crippen LogP contribution is 2.76. The highest BCUT2D eigenvalue weighted by molar-refractivity contribution is 5.95. The third kappa shape index (κ3) is 3.39. The average molecular weight is 473 g/mol. The fraction of sp³-hybridized carbons (Fsp3) is 0.714. The minimum absolute atomic E-state index is 0.0985. The molecule has 6 nitrogen and oxygen atoms in total. The van der Waals surface area contributed by atoms with Gasteiger partial charge in [0.05, 0.1) is 16.7 Å². The van der Waals surface area contributed by atoms with Crippen LogP contribution in [-0.4, -0.2) is 38.6 Å². The lowest BCUT2D eigenvalue weighted by atomic mass is 9.59. The maximum absolute atomic E-state index is 11.8. The number of aromatic hydroxyl groups is 3. The predicted molar refractivity (Wildman–Crippen MR) is 129 cm³/mol. The van der Waals surface area contributed by atoms with Gasteiger partial charge < -0.3 is 20.4 Å². The Hall–Kier alpha value is -2.08. The zero-order valence-corrected chi connectivity index (χ0v) is 21.3. The fourth-order valence-electron chi connectivity index (χ4n) is 8.23. The first-order chi connectivity index (χ1) is 15.7. The number of rotatable bonds is 6. The quantitative estimate of drug-likeness (QED) is 0.412. The van der Waals surface area contributed by atoms with Crippen molar-refractivity contribution in [3.63, 3.8) is 0 Å². The number of hydrogen-bond donors (Lipinski definition) is 4. The summed E-state index contributed by atoms with van der Waals surface area (Å²) in [5, 5.41) is 44.1. The van der Waals surface area contributed by atoms with Gasteiger partial charge in [-0.05, 0) is 85.4 Å². The first-order valence-corrected chi connectivity index (χ1v) is 12.7. The van der Waals surface area contributed by atoms with Gasteiger partial charge in [-0.3, -0.25) is 9.59 Å². The largest absolute Gasteiger partial charge is 0.507 e. The zero-order valence-electron chi connectivity index (χ0n) is 21.3. The number of benzene rings is 1. The van der Waals surface area contributed by atoms with E-state index in [4.69, 9.17) is 0 Å². The van der Waals surface area contributed by atoms with Crippen LogP contribution >= 0.6 is 0 Å². The molecule has 1 aromatic rings. The van der Waals surface area contributed by atoms with E-state index in [-0.39, 0.29) is 51.2 Å². The van der Waals surface area contributed by atoms with Gasteiger partial charge in [0.25, 0.3) is 0 Å². The summed E-state index contributed by atoms with van der Waals surface area (Å²) in [6.45, 7) is 12.9. The van der Waals surface area contributed by atoms with Crippen LogP contribution in [0.2, 0.25) is 0 Å². The highest BCUT2D eigenvalue weighted by Gasteiger charge is 2.70. The Labute approximate surface area is 202 Å². The van der Waals surface area contributed by atoms with E-state index in [9.17, 15) is 30.0 Å². The number of carbonyl (C=O) groups excluding carboxylic acids is 2. The maximum Gasteiger partial charge on any atom is 0.157 e. The maximum atomic E-state index is 11.8. The molecule has 3 aliphatic rings. The molecule has 3 saturated carbocycles. The highest BCUT2D eigenvalue weighted by atomic mass is 16.3. The van der Waals surface area contributed by atoms with Crippen molar-refractivity contribution in [2.75, 3.05) is 0 Å². The van der Waals surface area contributed by atoms with Crippen molar-refractivity contribution in [1.82, 2.24) is 0 Å². The minimum Gasteiger partial charge on any atom is -0.507 e.